The average molecular weight is 481 g/mol. The summed E-state index contributed by atoms with van der Waals surface area (Å²) in [6, 6.07) is 13.4. The minimum absolute atomic E-state index is 0.00752. The van der Waals surface area contributed by atoms with Crippen LogP contribution in [0.4, 0.5) is 0 Å². The van der Waals surface area contributed by atoms with E-state index >= 15 is 0 Å². The molecule has 0 heterocycles. The summed E-state index contributed by atoms with van der Waals surface area (Å²) in [5.74, 6) is 0. The molecular formula is C26H48O4Si2. The van der Waals surface area contributed by atoms with E-state index in [1.165, 1.54) is 0 Å². The maximum Gasteiger partial charge on any atom is 0.193 e. The van der Waals surface area contributed by atoms with Crippen LogP contribution < -0.4 is 0 Å². The molecule has 0 fully saturated rings. The van der Waals surface area contributed by atoms with Gasteiger partial charge in [-0.15, -0.1) is 0 Å². The van der Waals surface area contributed by atoms with Gasteiger partial charge in [-0.25, -0.2) is 0 Å². The second kappa shape index (κ2) is 12.1. The highest BCUT2D eigenvalue weighted by Crippen LogP contribution is 2.39. The van der Waals surface area contributed by atoms with Crippen LogP contribution in [0.5, 0.6) is 0 Å². The molecule has 1 rings (SSSR count). The number of carbonyl (C=O) groups is 1. The Morgan fingerprint density at radius 1 is 0.938 bits per heavy atom. The van der Waals surface area contributed by atoms with Gasteiger partial charge in [-0.3, -0.25) is 0 Å². The van der Waals surface area contributed by atoms with E-state index in [0.29, 0.717) is 13.2 Å². The average Bonchev–Trinajstić information content (AvgIpc) is 2.74. The fourth-order valence-corrected chi connectivity index (χ4v) is 7.68. The van der Waals surface area contributed by atoms with Crippen molar-refractivity contribution in [2.45, 2.75) is 110 Å². The van der Waals surface area contributed by atoms with Gasteiger partial charge in [-0.2, -0.15) is 0 Å². The van der Waals surface area contributed by atoms with Crippen LogP contribution >= 0.6 is 0 Å². The van der Waals surface area contributed by atoms with Crippen LogP contribution in [-0.4, -0.2) is 41.7 Å². The second-order valence-electron chi connectivity index (χ2n) is 11.2. The van der Waals surface area contributed by atoms with E-state index in [4.69, 9.17) is 13.6 Å². The summed E-state index contributed by atoms with van der Waals surface area (Å²) < 4.78 is 19.7. The SMILES string of the molecule is CC[Si](CC)(CC)OCC(C)(C)[C@H](OCc1ccccc1)[C@@H](C=O)O[Si](C)(C)C(C)(C)C. The summed E-state index contributed by atoms with van der Waals surface area (Å²) in [5.41, 5.74) is 0.714. The third-order valence-corrected chi connectivity index (χ3v) is 16.5. The zero-order valence-electron chi connectivity index (χ0n) is 22.3. The maximum absolute atomic E-state index is 12.4. The summed E-state index contributed by atoms with van der Waals surface area (Å²) in [4.78, 5) is 12.4. The summed E-state index contributed by atoms with van der Waals surface area (Å²) in [6.45, 7) is 23.0. The van der Waals surface area contributed by atoms with Gasteiger partial charge in [0.15, 0.2) is 16.6 Å². The van der Waals surface area contributed by atoms with Gasteiger partial charge in [-0.05, 0) is 41.8 Å². The Morgan fingerprint density at radius 3 is 1.91 bits per heavy atom. The number of aldehydes is 1. The molecule has 6 heteroatoms. The lowest BCUT2D eigenvalue weighted by Crippen LogP contribution is -2.53. The topological polar surface area (TPSA) is 44.8 Å². The standard InChI is InChI=1S/C26H48O4Si2/c1-11-32(12-2,13-3)29-21-26(7,8)24(28-20-22-17-15-14-16-18-22)23(19-27)30-31(9,10)25(4,5)6/h14-19,23-24H,11-13,20-21H2,1-10H3/t23-,24-/m1/s1. The number of hydrogen-bond donors (Lipinski definition) is 0. The molecule has 0 radical (unpaired) electrons. The van der Waals surface area contributed by atoms with Crippen LogP contribution in [0, 0.1) is 5.41 Å². The fourth-order valence-electron chi connectivity index (χ4n) is 3.68. The van der Waals surface area contributed by atoms with Crippen molar-refractivity contribution in [1.82, 2.24) is 0 Å². The fraction of sp³-hybridized carbons (Fsp3) is 0.731. The predicted molar refractivity (Wildman–Crippen MR) is 140 cm³/mol. The molecular weight excluding hydrogens is 432 g/mol. The van der Waals surface area contributed by atoms with E-state index in [1.54, 1.807) is 0 Å². The molecule has 1 aromatic carbocycles. The number of ether oxygens (including phenoxy) is 1. The molecule has 4 nitrogen and oxygen atoms in total. The molecule has 0 N–H and O–H groups in total. The largest absolute Gasteiger partial charge is 0.416 e. The summed E-state index contributed by atoms with van der Waals surface area (Å²) in [5, 5.41) is 0.00752. The molecule has 184 valence electrons. The number of carbonyl (C=O) groups excluding carboxylic acids is 1. The van der Waals surface area contributed by atoms with E-state index < -0.39 is 28.8 Å². The first-order valence-corrected chi connectivity index (χ1v) is 17.6. The van der Waals surface area contributed by atoms with Crippen LogP contribution in [-0.2, 0) is 25.0 Å². The monoisotopic (exact) mass is 480 g/mol. The van der Waals surface area contributed by atoms with Crippen molar-refractivity contribution < 1.29 is 18.4 Å². The number of rotatable bonds is 14. The van der Waals surface area contributed by atoms with E-state index in [0.717, 1.165) is 30.0 Å². The molecule has 0 saturated heterocycles. The van der Waals surface area contributed by atoms with Gasteiger partial charge in [-0.1, -0.05) is 85.7 Å². The van der Waals surface area contributed by atoms with Crippen molar-refractivity contribution in [3.8, 4) is 0 Å². The lowest BCUT2D eigenvalue weighted by Gasteiger charge is -2.44. The van der Waals surface area contributed by atoms with Gasteiger partial charge in [0, 0.05) is 12.0 Å². The minimum Gasteiger partial charge on any atom is -0.416 e. The molecule has 0 unspecified atom stereocenters. The predicted octanol–water partition coefficient (Wildman–Crippen LogP) is 7.21. The van der Waals surface area contributed by atoms with Gasteiger partial charge in [0.25, 0.3) is 0 Å². The van der Waals surface area contributed by atoms with Crippen molar-refractivity contribution >= 4 is 22.9 Å². The van der Waals surface area contributed by atoms with Crippen LogP contribution in [0.15, 0.2) is 30.3 Å². The molecule has 0 spiro atoms. The van der Waals surface area contributed by atoms with Crippen molar-refractivity contribution in [2.75, 3.05) is 6.61 Å². The van der Waals surface area contributed by atoms with E-state index in [2.05, 4.69) is 68.5 Å². The Kier molecular flexibility index (Phi) is 11.0. The summed E-state index contributed by atoms with van der Waals surface area (Å²) >= 11 is 0. The van der Waals surface area contributed by atoms with Crippen molar-refractivity contribution in [1.29, 1.82) is 0 Å². The molecule has 0 bridgehead atoms. The van der Waals surface area contributed by atoms with Gasteiger partial charge in [0.2, 0.25) is 0 Å². The first-order valence-electron chi connectivity index (χ1n) is 12.2. The Balaban J connectivity index is 3.20. The van der Waals surface area contributed by atoms with Crippen molar-refractivity contribution in [2.24, 2.45) is 5.41 Å². The highest BCUT2D eigenvalue weighted by atomic mass is 28.4. The Bertz CT molecular complexity index is 671. The number of benzene rings is 1. The molecule has 2 atom stereocenters. The molecule has 0 aliphatic heterocycles. The first-order chi connectivity index (χ1) is 14.8. The van der Waals surface area contributed by atoms with E-state index in [-0.39, 0.29) is 10.5 Å². The second-order valence-corrected chi connectivity index (χ2v) is 20.7. The van der Waals surface area contributed by atoms with Gasteiger partial charge < -0.3 is 18.4 Å². The lowest BCUT2D eigenvalue weighted by molar-refractivity contribution is -0.137. The smallest absolute Gasteiger partial charge is 0.193 e. The van der Waals surface area contributed by atoms with Crippen LogP contribution in [0.25, 0.3) is 0 Å². The lowest BCUT2D eigenvalue weighted by atomic mass is 9.84. The quantitative estimate of drug-likeness (QED) is 0.208. The summed E-state index contributed by atoms with van der Waals surface area (Å²) in [6.07, 6.45) is -0.0760. The molecule has 0 aliphatic rings. The van der Waals surface area contributed by atoms with Crippen molar-refractivity contribution in [3.63, 3.8) is 0 Å². The molecule has 0 aliphatic carbocycles. The Morgan fingerprint density at radius 2 is 1.47 bits per heavy atom. The Labute approximate surface area is 199 Å². The third-order valence-electron chi connectivity index (χ3n) is 7.40. The van der Waals surface area contributed by atoms with E-state index in [9.17, 15) is 4.79 Å². The Hall–Kier alpha value is -0.796. The summed E-state index contributed by atoms with van der Waals surface area (Å²) in [7, 11) is -3.92. The first kappa shape index (κ1) is 29.2. The molecule has 0 amide bonds. The van der Waals surface area contributed by atoms with Crippen LogP contribution in [0.2, 0.25) is 36.3 Å². The normalized spacial score (nSPS) is 15.4. The molecule has 0 saturated carbocycles. The zero-order valence-corrected chi connectivity index (χ0v) is 24.3. The van der Waals surface area contributed by atoms with E-state index in [1.807, 2.05) is 30.3 Å². The van der Waals surface area contributed by atoms with Crippen molar-refractivity contribution in [3.05, 3.63) is 35.9 Å². The molecule has 32 heavy (non-hydrogen) atoms. The number of hydrogen-bond acceptors (Lipinski definition) is 4. The van der Waals surface area contributed by atoms with Gasteiger partial charge in [0.1, 0.15) is 12.4 Å². The van der Waals surface area contributed by atoms with Gasteiger partial charge in [0.05, 0.1) is 12.7 Å². The highest BCUT2D eigenvalue weighted by molar-refractivity contribution is 6.74. The molecule has 0 aromatic heterocycles. The van der Waals surface area contributed by atoms with Crippen LogP contribution in [0.3, 0.4) is 0 Å². The van der Waals surface area contributed by atoms with Gasteiger partial charge >= 0.3 is 0 Å². The third kappa shape index (κ3) is 7.91. The maximum atomic E-state index is 12.4. The molecule has 1 aromatic rings. The van der Waals surface area contributed by atoms with Crippen LogP contribution in [0.1, 0.15) is 61.0 Å². The highest BCUT2D eigenvalue weighted by Gasteiger charge is 2.45. The minimum atomic E-state index is -2.16. The zero-order chi connectivity index (χ0) is 24.6.